The summed E-state index contributed by atoms with van der Waals surface area (Å²) in [4.78, 5) is 16.1. The van der Waals surface area contributed by atoms with Gasteiger partial charge in [0.15, 0.2) is 0 Å². The van der Waals surface area contributed by atoms with Gasteiger partial charge in [-0.05, 0) is 17.4 Å². The van der Waals surface area contributed by atoms with E-state index in [1.54, 1.807) is 18.5 Å². The van der Waals surface area contributed by atoms with Gasteiger partial charge in [-0.1, -0.05) is 39.5 Å². The second kappa shape index (κ2) is 7.06. The van der Waals surface area contributed by atoms with Crippen LogP contribution >= 0.6 is 0 Å². The lowest BCUT2D eigenvalue weighted by Gasteiger charge is -2.29. The van der Waals surface area contributed by atoms with Gasteiger partial charge in [0.1, 0.15) is 0 Å². The maximum atomic E-state index is 12.1. The van der Waals surface area contributed by atoms with Crippen LogP contribution in [0.5, 0.6) is 0 Å². The topological polar surface area (TPSA) is 68.0 Å². The SMILES string of the molecule is CC(C)C(C)(C)CNC(=O)c1cncc(C#CCN)c1. The summed E-state index contributed by atoms with van der Waals surface area (Å²) in [6.45, 7) is 9.49. The van der Waals surface area contributed by atoms with E-state index in [2.05, 4.69) is 49.8 Å². The largest absolute Gasteiger partial charge is 0.351 e. The summed E-state index contributed by atoms with van der Waals surface area (Å²) >= 11 is 0. The third kappa shape index (κ3) is 4.67. The molecular formula is C16H23N3O. The molecule has 0 spiro atoms. The molecule has 1 amide bonds. The van der Waals surface area contributed by atoms with Crippen LogP contribution < -0.4 is 11.1 Å². The Morgan fingerprint density at radius 1 is 1.45 bits per heavy atom. The van der Waals surface area contributed by atoms with E-state index in [0.717, 1.165) is 0 Å². The molecule has 0 saturated heterocycles. The van der Waals surface area contributed by atoms with E-state index in [4.69, 9.17) is 5.73 Å². The highest BCUT2D eigenvalue weighted by atomic mass is 16.1. The van der Waals surface area contributed by atoms with Crippen LogP contribution in [0.1, 0.15) is 43.6 Å². The third-order valence-corrected chi connectivity index (χ3v) is 3.60. The number of nitrogens with zero attached hydrogens (tertiary/aromatic N) is 1. The molecule has 20 heavy (non-hydrogen) atoms. The molecule has 0 aliphatic carbocycles. The van der Waals surface area contributed by atoms with Crippen molar-refractivity contribution in [1.29, 1.82) is 0 Å². The lowest BCUT2D eigenvalue weighted by Crippen LogP contribution is -2.37. The van der Waals surface area contributed by atoms with Crippen molar-refractivity contribution in [1.82, 2.24) is 10.3 Å². The van der Waals surface area contributed by atoms with Crippen LogP contribution in [0.4, 0.5) is 0 Å². The normalized spacial score (nSPS) is 10.9. The first-order chi connectivity index (χ1) is 9.36. The van der Waals surface area contributed by atoms with Gasteiger partial charge in [0.2, 0.25) is 0 Å². The first-order valence-electron chi connectivity index (χ1n) is 6.79. The Balaban J connectivity index is 2.73. The van der Waals surface area contributed by atoms with Gasteiger partial charge < -0.3 is 11.1 Å². The molecule has 4 heteroatoms. The molecule has 0 aromatic carbocycles. The summed E-state index contributed by atoms with van der Waals surface area (Å²) in [6, 6.07) is 1.73. The van der Waals surface area contributed by atoms with Crippen molar-refractivity contribution >= 4 is 5.91 Å². The van der Waals surface area contributed by atoms with Crippen LogP contribution in [0.25, 0.3) is 0 Å². The highest BCUT2D eigenvalue weighted by molar-refractivity contribution is 5.94. The number of carbonyl (C=O) groups is 1. The zero-order valence-electron chi connectivity index (χ0n) is 12.7. The summed E-state index contributed by atoms with van der Waals surface area (Å²) in [5, 5.41) is 2.95. The van der Waals surface area contributed by atoms with Gasteiger partial charge in [-0.25, -0.2) is 0 Å². The zero-order valence-corrected chi connectivity index (χ0v) is 12.7. The van der Waals surface area contributed by atoms with Crippen molar-refractivity contribution in [2.45, 2.75) is 27.7 Å². The zero-order chi connectivity index (χ0) is 15.2. The van der Waals surface area contributed by atoms with Gasteiger partial charge >= 0.3 is 0 Å². The van der Waals surface area contributed by atoms with Crippen LogP contribution in [0, 0.1) is 23.2 Å². The van der Waals surface area contributed by atoms with Crippen LogP contribution in [0.3, 0.4) is 0 Å². The Kier molecular flexibility index (Phi) is 5.72. The lowest BCUT2D eigenvalue weighted by molar-refractivity contribution is 0.0924. The summed E-state index contributed by atoms with van der Waals surface area (Å²) in [7, 11) is 0. The molecule has 1 aromatic rings. The van der Waals surface area contributed by atoms with Gasteiger partial charge in [-0.15, -0.1) is 0 Å². The first-order valence-corrected chi connectivity index (χ1v) is 6.79. The van der Waals surface area contributed by atoms with Crippen LogP contribution in [0.2, 0.25) is 0 Å². The molecular weight excluding hydrogens is 250 g/mol. The highest BCUT2D eigenvalue weighted by Crippen LogP contribution is 2.24. The summed E-state index contributed by atoms with van der Waals surface area (Å²) in [6.07, 6.45) is 3.17. The van der Waals surface area contributed by atoms with E-state index in [1.807, 2.05) is 0 Å². The predicted molar refractivity (Wildman–Crippen MR) is 81.1 cm³/mol. The Morgan fingerprint density at radius 2 is 2.15 bits per heavy atom. The van der Waals surface area contributed by atoms with E-state index in [-0.39, 0.29) is 11.3 Å². The summed E-state index contributed by atoms with van der Waals surface area (Å²) in [5.74, 6) is 5.99. The molecule has 0 aliphatic heterocycles. The second-order valence-electron chi connectivity index (χ2n) is 5.79. The van der Waals surface area contributed by atoms with Crippen molar-refractivity contribution < 1.29 is 4.79 Å². The number of amides is 1. The molecule has 1 heterocycles. The lowest BCUT2D eigenvalue weighted by atomic mass is 9.81. The van der Waals surface area contributed by atoms with Crippen molar-refractivity contribution in [3.8, 4) is 11.8 Å². The molecule has 0 unspecified atom stereocenters. The number of pyridine rings is 1. The maximum absolute atomic E-state index is 12.1. The minimum absolute atomic E-state index is 0.0556. The summed E-state index contributed by atoms with van der Waals surface area (Å²) in [5.41, 5.74) is 6.60. The summed E-state index contributed by atoms with van der Waals surface area (Å²) < 4.78 is 0. The Labute approximate surface area is 121 Å². The molecule has 0 radical (unpaired) electrons. The minimum Gasteiger partial charge on any atom is -0.351 e. The molecule has 108 valence electrons. The second-order valence-corrected chi connectivity index (χ2v) is 5.79. The van der Waals surface area contributed by atoms with Gasteiger partial charge in [-0.3, -0.25) is 9.78 Å². The number of hydrogen-bond donors (Lipinski definition) is 2. The fourth-order valence-electron chi connectivity index (χ4n) is 1.40. The van der Waals surface area contributed by atoms with Crippen LogP contribution in [0.15, 0.2) is 18.5 Å². The van der Waals surface area contributed by atoms with Crippen molar-refractivity contribution in [3.63, 3.8) is 0 Å². The average Bonchev–Trinajstić information content (AvgIpc) is 2.42. The average molecular weight is 273 g/mol. The van der Waals surface area contributed by atoms with E-state index in [1.165, 1.54) is 0 Å². The quantitative estimate of drug-likeness (QED) is 0.822. The molecule has 0 saturated carbocycles. The highest BCUT2D eigenvalue weighted by Gasteiger charge is 2.23. The van der Waals surface area contributed by atoms with Crippen molar-refractivity contribution in [3.05, 3.63) is 29.6 Å². The number of nitrogens with two attached hydrogens (primary N) is 1. The van der Waals surface area contributed by atoms with E-state index < -0.39 is 0 Å². The molecule has 0 atom stereocenters. The van der Waals surface area contributed by atoms with Crippen molar-refractivity contribution in [2.24, 2.45) is 17.1 Å². The van der Waals surface area contributed by atoms with E-state index >= 15 is 0 Å². The Hall–Kier alpha value is -1.86. The molecule has 0 fully saturated rings. The smallest absolute Gasteiger partial charge is 0.252 e. The Morgan fingerprint density at radius 3 is 2.75 bits per heavy atom. The van der Waals surface area contributed by atoms with Gasteiger partial charge in [-0.2, -0.15) is 0 Å². The van der Waals surface area contributed by atoms with Crippen LogP contribution in [-0.4, -0.2) is 24.0 Å². The van der Waals surface area contributed by atoms with Gasteiger partial charge in [0, 0.05) is 24.5 Å². The molecule has 4 nitrogen and oxygen atoms in total. The number of carbonyl (C=O) groups excluding carboxylic acids is 1. The van der Waals surface area contributed by atoms with E-state index in [0.29, 0.717) is 30.1 Å². The number of aromatic nitrogens is 1. The maximum Gasteiger partial charge on any atom is 0.252 e. The molecule has 1 aromatic heterocycles. The molecule has 1 rings (SSSR count). The Bertz CT molecular complexity index is 524. The van der Waals surface area contributed by atoms with Crippen LogP contribution in [-0.2, 0) is 0 Å². The fraction of sp³-hybridized carbons (Fsp3) is 0.500. The predicted octanol–water partition coefficient (Wildman–Crippen LogP) is 1.80. The number of rotatable bonds is 4. The fourth-order valence-corrected chi connectivity index (χ4v) is 1.40. The molecule has 0 aliphatic rings. The number of hydrogen-bond acceptors (Lipinski definition) is 3. The molecule has 3 N–H and O–H groups in total. The van der Waals surface area contributed by atoms with Gasteiger partial charge in [0.25, 0.3) is 5.91 Å². The standard InChI is InChI=1S/C16H23N3O/c1-12(2)16(3,4)11-19-15(20)14-8-13(6-5-7-17)9-18-10-14/h8-10,12H,7,11,17H2,1-4H3,(H,19,20). The monoisotopic (exact) mass is 273 g/mol. The molecule has 0 bridgehead atoms. The first kappa shape index (κ1) is 16.2. The van der Waals surface area contributed by atoms with Gasteiger partial charge in [0.05, 0.1) is 12.1 Å². The minimum atomic E-state index is -0.123. The van der Waals surface area contributed by atoms with Crippen molar-refractivity contribution in [2.75, 3.05) is 13.1 Å². The third-order valence-electron chi connectivity index (χ3n) is 3.60. The van der Waals surface area contributed by atoms with E-state index in [9.17, 15) is 4.79 Å². The number of nitrogens with one attached hydrogen (secondary N) is 1.